The molecule has 84 valence electrons. The molecule has 1 nitrogen and oxygen atoms in total. The van der Waals surface area contributed by atoms with E-state index >= 15 is 0 Å². The van der Waals surface area contributed by atoms with Crippen molar-refractivity contribution in [2.24, 2.45) is 0 Å². The minimum Gasteiger partial charge on any atom is -0.390 e. The van der Waals surface area contributed by atoms with Crippen LogP contribution in [-0.4, -0.2) is 0 Å². The molecule has 4 heteroatoms. The lowest BCUT2D eigenvalue weighted by molar-refractivity contribution is 1.44. The van der Waals surface area contributed by atoms with E-state index in [1.165, 1.54) is 10.4 Å². The molecule has 0 bridgehead atoms. The summed E-state index contributed by atoms with van der Waals surface area (Å²) in [5, 5.41) is 2.08. The molecule has 0 aliphatic rings. The second-order valence-corrected chi connectivity index (χ2v) is 5.75. The van der Waals surface area contributed by atoms with Crippen molar-refractivity contribution in [3.8, 4) is 11.1 Å². The fourth-order valence-electron chi connectivity index (χ4n) is 1.68. The fraction of sp³-hybridized carbons (Fsp3) is 0.167. The summed E-state index contributed by atoms with van der Waals surface area (Å²) in [7, 11) is 0. The first kappa shape index (κ1) is 11.8. The smallest absolute Gasteiger partial charge is 0.0942 e. The lowest BCUT2D eigenvalue weighted by atomic mass is 10.0. The predicted octanol–water partition coefficient (Wildman–Crippen LogP) is 4.92. The quantitative estimate of drug-likeness (QED) is 0.783. The Morgan fingerprint density at radius 3 is 2.38 bits per heavy atom. The Labute approximate surface area is 109 Å². The van der Waals surface area contributed by atoms with Crippen molar-refractivity contribution in [1.82, 2.24) is 0 Å². The van der Waals surface area contributed by atoms with E-state index in [-0.39, 0.29) is 0 Å². The van der Waals surface area contributed by atoms with Crippen LogP contribution >= 0.6 is 34.5 Å². The van der Waals surface area contributed by atoms with Gasteiger partial charge in [0.25, 0.3) is 0 Å². The summed E-state index contributed by atoms with van der Waals surface area (Å²) < 4.78 is 0. The maximum atomic E-state index is 6.18. The summed E-state index contributed by atoms with van der Waals surface area (Å²) in [6.45, 7) is 4.12. The van der Waals surface area contributed by atoms with Crippen molar-refractivity contribution in [1.29, 1.82) is 0 Å². The van der Waals surface area contributed by atoms with Crippen molar-refractivity contribution in [2.75, 3.05) is 5.73 Å². The Kier molecular flexibility index (Phi) is 3.15. The van der Waals surface area contributed by atoms with Gasteiger partial charge in [0.2, 0.25) is 0 Å². The molecule has 0 fully saturated rings. The largest absolute Gasteiger partial charge is 0.390 e. The van der Waals surface area contributed by atoms with E-state index < -0.39 is 0 Å². The summed E-state index contributed by atoms with van der Waals surface area (Å²) in [6.07, 6.45) is 0. The fourth-order valence-corrected chi connectivity index (χ4v) is 3.13. The van der Waals surface area contributed by atoms with E-state index in [9.17, 15) is 0 Å². The van der Waals surface area contributed by atoms with E-state index in [2.05, 4.69) is 13.8 Å². The zero-order valence-corrected chi connectivity index (χ0v) is 11.3. The first-order valence-corrected chi connectivity index (χ1v) is 6.39. The number of anilines is 1. The van der Waals surface area contributed by atoms with Crippen molar-refractivity contribution in [3.05, 3.63) is 38.7 Å². The average molecular weight is 272 g/mol. The van der Waals surface area contributed by atoms with Crippen LogP contribution in [0.1, 0.15) is 10.4 Å². The SMILES string of the molecule is Cc1sc(N)c(-c2ccc(Cl)cc2Cl)c1C. The van der Waals surface area contributed by atoms with Gasteiger partial charge in [0.05, 0.1) is 5.00 Å². The minimum absolute atomic E-state index is 0.636. The summed E-state index contributed by atoms with van der Waals surface area (Å²) in [5.74, 6) is 0. The molecule has 2 aromatic rings. The van der Waals surface area contributed by atoms with Gasteiger partial charge in [-0.1, -0.05) is 29.3 Å². The second kappa shape index (κ2) is 4.28. The van der Waals surface area contributed by atoms with Gasteiger partial charge in [-0.2, -0.15) is 0 Å². The van der Waals surface area contributed by atoms with Gasteiger partial charge in [-0.25, -0.2) is 0 Å². The lowest BCUT2D eigenvalue weighted by Gasteiger charge is -2.06. The second-order valence-electron chi connectivity index (χ2n) is 3.65. The van der Waals surface area contributed by atoms with Crippen LogP contribution in [0.2, 0.25) is 10.0 Å². The number of benzene rings is 1. The number of hydrogen-bond acceptors (Lipinski definition) is 2. The number of hydrogen-bond donors (Lipinski definition) is 1. The molecule has 0 radical (unpaired) electrons. The summed E-state index contributed by atoms with van der Waals surface area (Å²) in [5.41, 5.74) is 9.18. The molecule has 2 rings (SSSR count). The molecule has 16 heavy (non-hydrogen) atoms. The zero-order chi connectivity index (χ0) is 11.9. The van der Waals surface area contributed by atoms with Crippen LogP contribution < -0.4 is 5.73 Å². The Balaban J connectivity index is 2.67. The van der Waals surface area contributed by atoms with E-state index in [0.717, 1.165) is 16.1 Å². The molecule has 0 aliphatic carbocycles. The van der Waals surface area contributed by atoms with Gasteiger partial charge in [0.15, 0.2) is 0 Å². The summed E-state index contributed by atoms with van der Waals surface area (Å²) in [6, 6.07) is 5.48. The van der Waals surface area contributed by atoms with E-state index in [4.69, 9.17) is 28.9 Å². The monoisotopic (exact) mass is 271 g/mol. The van der Waals surface area contributed by atoms with Crippen molar-refractivity contribution >= 4 is 39.5 Å². The molecule has 0 unspecified atom stereocenters. The molecule has 2 N–H and O–H groups in total. The Morgan fingerprint density at radius 1 is 1.19 bits per heavy atom. The number of nitrogens with two attached hydrogens (primary N) is 1. The van der Waals surface area contributed by atoms with Crippen LogP contribution in [0.15, 0.2) is 18.2 Å². The highest BCUT2D eigenvalue weighted by Crippen LogP contribution is 2.41. The molecule has 1 aromatic heterocycles. The maximum absolute atomic E-state index is 6.18. The van der Waals surface area contributed by atoms with Crippen LogP contribution in [-0.2, 0) is 0 Å². The molecular weight excluding hydrogens is 261 g/mol. The highest BCUT2D eigenvalue weighted by atomic mass is 35.5. The first-order chi connectivity index (χ1) is 7.50. The van der Waals surface area contributed by atoms with Crippen LogP contribution in [0.3, 0.4) is 0 Å². The highest BCUT2D eigenvalue weighted by Gasteiger charge is 2.14. The van der Waals surface area contributed by atoms with Gasteiger partial charge in [-0.3, -0.25) is 0 Å². The normalized spacial score (nSPS) is 10.8. The van der Waals surface area contributed by atoms with Crippen molar-refractivity contribution in [3.63, 3.8) is 0 Å². The molecule has 1 aromatic carbocycles. The van der Waals surface area contributed by atoms with Crippen molar-refractivity contribution in [2.45, 2.75) is 13.8 Å². The van der Waals surface area contributed by atoms with Gasteiger partial charge >= 0.3 is 0 Å². The van der Waals surface area contributed by atoms with Gasteiger partial charge in [-0.05, 0) is 31.5 Å². The molecule has 0 spiro atoms. The molecule has 0 aliphatic heterocycles. The molecule has 0 saturated carbocycles. The molecule has 1 heterocycles. The van der Waals surface area contributed by atoms with Gasteiger partial charge in [0, 0.05) is 26.0 Å². The molecule has 0 atom stereocenters. The number of nitrogen functional groups attached to an aromatic ring is 1. The maximum Gasteiger partial charge on any atom is 0.0942 e. The van der Waals surface area contributed by atoms with Gasteiger partial charge in [-0.15, -0.1) is 11.3 Å². The predicted molar refractivity (Wildman–Crippen MR) is 73.7 cm³/mol. The first-order valence-electron chi connectivity index (χ1n) is 4.81. The standard InChI is InChI=1S/C12H11Cl2NS/c1-6-7(2)16-12(15)11(6)9-4-3-8(13)5-10(9)14/h3-5H,15H2,1-2H3. The number of halogens is 2. The van der Waals surface area contributed by atoms with Crippen LogP contribution in [0.4, 0.5) is 5.00 Å². The topological polar surface area (TPSA) is 26.0 Å². The third-order valence-electron chi connectivity index (χ3n) is 2.61. The van der Waals surface area contributed by atoms with Crippen LogP contribution in [0.25, 0.3) is 11.1 Å². The van der Waals surface area contributed by atoms with Gasteiger partial charge in [0.1, 0.15) is 0 Å². The molecule has 0 saturated heterocycles. The number of thiophene rings is 1. The molecule has 0 amide bonds. The van der Waals surface area contributed by atoms with E-state index in [1.54, 1.807) is 17.4 Å². The average Bonchev–Trinajstić information content (AvgIpc) is 2.43. The summed E-state index contributed by atoms with van der Waals surface area (Å²) >= 11 is 13.6. The van der Waals surface area contributed by atoms with Gasteiger partial charge < -0.3 is 5.73 Å². The summed E-state index contributed by atoms with van der Waals surface area (Å²) in [4.78, 5) is 1.22. The number of rotatable bonds is 1. The lowest BCUT2D eigenvalue weighted by Crippen LogP contribution is -1.87. The Morgan fingerprint density at radius 2 is 1.88 bits per heavy atom. The third-order valence-corrected chi connectivity index (χ3v) is 4.20. The van der Waals surface area contributed by atoms with E-state index in [1.807, 2.05) is 12.1 Å². The van der Waals surface area contributed by atoms with E-state index in [0.29, 0.717) is 10.0 Å². The van der Waals surface area contributed by atoms with Crippen LogP contribution in [0, 0.1) is 13.8 Å². The zero-order valence-electron chi connectivity index (χ0n) is 8.97. The Hall–Kier alpha value is -0.700. The Bertz CT molecular complexity index is 546. The highest BCUT2D eigenvalue weighted by molar-refractivity contribution is 7.16. The minimum atomic E-state index is 0.636. The number of aryl methyl sites for hydroxylation is 1. The third kappa shape index (κ3) is 1.93. The molecular formula is C12H11Cl2NS. The van der Waals surface area contributed by atoms with Crippen LogP contribution in [0.5, 0.6) is 0 Å². The van der Waals surface area contributed by atoms with Crippen molar-refractivity contribution < 1.29 is 0 Å².